The second-order valence-corrected chi connectivity index (χ2v) is 8.20. The fraction of sp³-hybridized carbons (Fsp3) is 0.409. The summed E-state index contributed by atoms with van der Waals surface area (Å²) < 4.78 is 13.2. The number of rotatable bonds is 7. The SMILES string of the molecule is CNCCC1CCN(C(=O)C(Sc2ccc(F)cc2)c2ccccc2)CC1.Cl. The van der Waals surface area contributed by atoms with E-state index in [1.54, 1.807) is 12.1 Å². The standard InChI is InChI=1S/C22H27FN2OS.ClH/c1-24-14-11-17-12-15-25(16-13-17)22(26)21(18-5-3-2-4-6-18)27-20-9-7-19(23)8-10-20;/h2-10,17,21,24H,11-16H2,1H3;1H. The van der Waals surface area contributed by atoms with E-state index in [2.05, 4.69) is 5.32 Å². The Morgan fingerprint density at radius 2 is 1.79 bits per heavy atom. The number of piperidine rings is 1. The molecule has 0 spiro atoms. The Labute approximate surface area is 177 Å². The topological polar surface area (TPSA) is 32.3 Å². The molecule has 3 nitrogen and oxygen atoms in total. The number of carbonyl (C=O) groups is 1. The van der Waals surface area contributed by atoms with Gasteiger partial charge < -0.3 is 10.2 Å². The molecule has 1 saturated heterocycles. The summed E-state index contributed by atoms with van der Waals surface area (Å²) in [7, 11) is 1.98. The first-order chi connectivity index (χ1) is 13.2. The van der Waals surface area contributed by atoms with Crippen molar-refractivity contribution < 1.29 is 9.18 Å². The molecule has 0 bridgehead atoms. The van der Waals surface area contributed by atoms with E-state index in [-0.39, 0.29) is 29.4 Å². The van der Waals surface area contributed by atoms with E-state index in [9.17, 15) is 9.18 Å². The quantitative estimate of drug-likeness (QED) is 0.642. The number of nitrogens with one attached hydrogen (secondary N) is 1. The fourth-order valence-electron chi connectivity index (χ4n) is 3.49. The molecule has 1 fully saturated rings. The van der Waals surface area contributed by atoms with E-state index in [0.717, 1.165) is 42.9 Å². The van der Waals surface area contributed by atoms with Crippen molar-refractivity contribution in [3.63, 3.8) is 0 Å². The molecular weight excluding hydrogens is 395 g/mol. The largest absolute Gasteiger partial charge is 0.341 e. The lowest BCUT2D eigenvalue weighted by Gasteiger charge is -2.34. The van der Waals surface area contributed by atoms with Crippen molar-refractivity contribution >= 4 is 30.1 Å². The van der Waals surface area contributed by atoms with E-state index in [1.165, 1.54) is 30.3 Å². The molecule has 6 heteroatoms. The van der Waals surface area contributed by atoms with Crippen LogP contribution in [0.4, 0.5) is 4.39 Å². The average Bonchev–Trinajstić information content (AvgIpc) is 2.72. The second-order valence-electron chi connectivity index (χ2n) is 7.02. The van der Waals surface area contributed by atoms with Gasteiger partial charge >= 0.3 is 0 Å². The zero-order valence-corrected chi connectivity index (χ0v) is 17.8. The summed E-state index contributed by atoms with van der Waals surface area (Å²) in [5, 5.41) is 2.91. The molecule has 1 heterocycles. The van der Waals surface area contributed by atoms with Crippen LogP contribution < -0.4 is 5.32 Å². The molecule has 1 N–H and O–H groups in total. The van der Waals surface area contributed by atoms with Crippen LogP contribution in [0, 0.1) is 11.7 Å². The van der Waals surface area contributed by atoms with E-state index < -0.39 is 0 Å². The molecule has 1 aliphatic rings. The number of nitrogens with zero attached hydrogens (tertiary/aromatic N) is 1. The van der Waals surface area contributed by atoms with E-state index in [0.29, 0.717) is 5.92 Å². The monoisotopic (exact) mass is 422 g/mol. The maximum atomic E-state index is 13.3. The third kappa shape index (κ3) is 6.23. The molecule has 28 heavy (non-hydrogen) atoms. The van der Waals surface area contributed by atoms with Gasteiger partial charge in [-0.2, -0.15) is 0 Å². The lowest BCUT2D eigenvalue weighted by atomic mass is 9.93. The lowest BCUT2D eigenvalue weighted by Crippen LogP contribution is -2.40. The smallest absolute Gasteiger partial charge is 0.240 e. The fourth-order valence-corrected chi connectivity index (χ4v) is 4.60. The zero-order chi connectivity index (χ0) is 19.1. The van der Waals surface area contributed by atoms with Crippen LogP contribution in [0.1, 0.15) is 30.1 Å². The van der Waals surface area contributed by atoms with Crippen molar-refractivity contribution in [2.45, 2.75) is 29.4 Å². The van der Waals surface area contributed by atoms with Crippen LogP contribution in [0.15, 0.2) is 59.5 Å². The minimum atomic E-state index is -0.300. The number of thioether (sulfide) groups is 1. The summed E-state index contributed by atoms with van der Waals surface area (Å²) in [6.07, 6.45) is 3.30. The molecule has 1 amide bonds. The first kappa shape index (κ1) is 22.7. The van der Waals surface area contributed by atoms with Crippen LogP contribution in [-0.2, 0) is 4.79 Å². The number of hydrogen-bond acceptors (Lipinski definition) is 3. The Kier molecular flexibility index (Phi) is 9.29. The third-order valence-electron chi connectivity index (χ3n) is 5.12. The maximum absolute atomic E-state index is 13.3. The van der Waals surface area contributed by atoms with Gasteiger partial charge in [0.05, 0.1) is 0 Å². The molecule has 0 saturated carbocycles. The molecule has 0 aromatic heterocycles. The van der Waals surface area contributed by atoms with Gasteiger partial charge in [-0.25, -0.2) is 4.39 Å². The Bertz CT molecular complexity index is 721. The summed E-state index contributed by atoms with van der Waals surface area (Å²) in [4.78, 5) is 16.2. The van der Waals surface area contributed by atoms with Gasteiger partial charge in [0, 0.05) is 18.0 Å². The molecule has 1 aliphatic heterocycles. The Hall–Kier alpha value is -1.56. The van der Waals surface area contributed by atoms with E-state index >= 15 is 0 Å². The second kappa shape index (κ2) is 11.4. The van der Waals surface area contributed by atoms with Gasteiger partial charge in [0.1, 0.15) is 11.1 Å². The van der Waals surface area contributed by atoms with Gasteiger partial charge in [-0.05, 0) is 68.6 Å². The summed E-state index contributed by atoms with van der Waals surface area (Å²) in [5.74, 6) is 0.592. The predicted molar refractivity (Wildman–Crippen MR) is 117 cm³/mol. The minimum absolute atomic E-state index is 0. The first-order valence-electron chi connectivity index (χ1n) is 9.58. The average molecular weight is 423 g/mol. The summed E-state index contributed by atoms with van der Waals surface area (Å²) in [5.41, 5.74) is 0.995. The Morgan fingerprint density at radius 3 is 2.39 bits per heavy atom. The van der Waals surface area contributed by atoms with Crippen molar-refractivity contribution in [2.24, 2.45) is 5.92 Å². The van der Waals surface area contributed by atoms with Gasteiger partial charge in [-0.15, -0.1) is 24.2 Å². The van der Waals surface area contributed by atoms with Gasteiger partial charge in [-0.3, -0.25) is 4.79 Å². The van der Waals surface area contributed by atoms with Crippen molar-refractivity contribution in [2.75, 3.05) is 26.7 Å². The van der Waals surface area contributed by atoms with Gasteiger partial charge in [0.2, 0.25) is 5.91 Å². The highest BCUT2D eigenvalue weighted by atomic mass is 35.5. The minimum Gasteiger partial charge on any atom is -0.341 e. The van der Waals surface area contributed by atoms with E-state index in [1.807, 2.05) is 42.3 Å². The zero-order valence-electron chi connectivity index (χ0n) is 16.1. The molecule has 0 aliphatic carbocycles. The first-order valence-corrected chi connectivity index (χ1v) is 10.5. The summed E-state index contributed by atoms with van der Waals surface area (Å²) >= 11 is 1.50. The normalized spacial score (nSPS) is 15.7. The number of amides is 1. The number of halogens is 2. The summed E-state index contributed by atoms with van der Waals surface area (Å²) in [6.45, 7) is 2.67. The Morgan fingerprint density at radius 1 is 1.14 bits per heavy atom. The van der Waals surface area contributed by atoms with Crippen molar-refractivity contribution in [3.8, 4) is 0 Å². The van der Waals surface area contributed by atoms with Gasteiger partial charge in [0.25, 0.3) is 0 Å². The van der Waals surface area contributed by atoms with Crippen LogP contribution in [0.25, 0.3) is 0 Å². The van der Waals surface area contributed by atoms with Gasteiger partial charge in [-0.1, -0.05) is 30.3 Å². The molecule has 1 unspecified atom stereocenters. The van der Waals surface area contributed by atoms with Crippen molar-refractivity contribution in [1.29, 1.82) is 0 Å². The third-order valence-corrected chi connectivity index (χ3v) is 6.38. The Balaban J connectivity index is 0.00000280. The predicted octanol–water partition coefficient (Wildman–Crippen LogP) is 4.93. The van der Waals surface area contributed by atoms with Crippen LogP contribution >= 0.6 is 24.2 Å². The van der Waals surface area contributed by atoms with Crippen LogP contribution in [-0.4, -0.2) is 37.5 Å². The molecular formula is C22H28ClFN2OS. The van der Waals surface area contributed by atoms with Crippen LogP contribution in [0.5, 0.6) is 0 Å². The van der Waals surface area contributed by atoms with Crippen molar-refractivity contribution in [3.05, 3.63) is 66.0 Å². The molecule has 2 aromatic rings. The number of hydrogen-bond donors (Lipinski definition) is 1. The highest BCUT2D eigenvalue weighted by Gasteiger charge is 2.30. The number of carbonyl (C=O) groups excluding carboxylic acids is 1. The molecule has 152 valence electrons. The number of benzene rings is 2. The summed E-state index contributed by atoms with van der Waals surface area (Å²) in [6, 6.07) is 16.3. The number of likely N-dealkylation sites (tertiary alicyclic amines) is 1. The molecule has 3 rings (SSSR count). The van der Waals surface area contributed by atoms with E-state index in [4.69, 9.17) is 0 Å². The maximum Gasteiger partial charge on any atom is 0.240 e. The highest BCUT2D eigenvalue weighted by molar-refractivity contribution is 8.00. The molecule has 1 atom stereocenters. The lowest BCUT2D eigenvalue weighted by molar-refractivity contribution is -0.132. The highest BCUT2D eigenvalue weighted by Crippen LogP contribution is 2.37. The van der Waals surface area contributed by atoms with Gasteiger partial charge in [0.15, 0.2) is 0 Å². The van der Waals surface area contributed by atoms with Crippen molar-refractivity contribution in [1.82, 2.24) is 10.2 Å². The van der Waals surface area contributed by atoms with Crippen LogP contribution in [0.3, 0.4) is 0 Å². The molecule has 2 aromatic carbocycles. The van der Waals surface area contributed by atoms with Crippen LogP contribution in [0.2, 0.25) is 0 Å². The molecule has 0 radical (unpaired) electrons.